The van der Waals surface area contributed by atoms with Crippen molar-refractivity contribution in [1.82, 2.24) is 9.38 Å². The van der Waals surface area contributed by atoms with E-state index in [0.29, 0.717) is 0 Å². The molecule has 0 amide bonds. The molecule has 0 saturated carbocycles. The van der Waals surface area contributed by atoms with Gasteiger partial charge in [0.25, 0.3) is 0 Å². The van der Waals surface area contributed by atoms with Gasteiger partial charge in [-0.2, -0.15) is 0 Å². The van der Waals surface area contributed by atoms with E-state index >= 15 is 0 Å². The highest BCUT2D eigenvalue weighted by molar-refractivity contribution is 5.89. The minimum Gasteiger partial charge on any atom is -0.466 e. The molecule has 0 aliphatic heterocycles. The van der Waals surface area contributed by atoms with Crippen LogP contribution in [0.4, 0.5) is 0 Å². The van der Waals surface area contributed by atoms with Gasteiger partial charge in [-0.1, -0.05) is 23.8 Å². The zero-order chi connectivity index (χ0) is 16.4. The maximum absolute atomic E-state index is 11.4. The van der Waals surface area contributed by atoms with Gasteiger partial charge >= 0.3 is 5.97 Å². The highest BCUT2D eigenvalue weighted by Crippen LogP contribution is 2.26. The van der Waals surface area contributed by atoms with Gasteiger partial charge in [-0.05, 0) is 43.2 Å². The fraction of sp³-hybridized carbons (Fsp3) is 0.158. The molecular weight excluding hydrogens is 288 g/mol. The number of esters is 1. The number of carbonyl (C=O) groups is 1. The van der Waals surface area contributed by atoms with E-state index in [2.05, 4.69) is 4.74 Å². The number of benzene rings is 1. The van der Waals surface area contributed by atoms with E-state index in [1.54, 1.807) is 6.08 Å². The molecule has 0 aliphatic rings. The minimum absolute atomic E-state index is 0.372. The van der Waals surface area contributed by atoms with Gasteiger partial charge in [-0.15, -0.1) is 0 Å². The molecule has 23 heavy (non-hydrogen) atoms. The summed E-state index contributed by atoms with van der Waals surface area (Å²) in [6.07, 6.45) is 7.19. The fourth-order valence-corrected chi connectivity index (χ4v) is 2.49. The molecule has 4 nitrogen and oxygen atoms in total. The van der Waals surface area contributed by atoms with Crippen LogP contribution < -0.4 is 0 Å². The van der Waals surface area contributed by atoms with Crippen molar-refractivity contribution in [2.45, 2.75) is 13.8 Å². The van der Waals surface area contributed by atoms with Gasteiger partial charge in [0, 0.05) is 24.0 Å². The zero-order valence-corrected chi connectivity index (χ0v) is 13.4. The molecule has 0 fully saturated rings. The van der Waals surface area contributed by atoms with E-state index in [1.165, 1.54) is 18.7 Å². The molecule has 0 radical (unpaired) electrons. The smallest absolute Gasteiger partial charge is 0.330 e. The summed E-state index contributed by atoms with van der Waals surface area (Å²) >= 11 is 0. The predicted octanol–water partition coefficient (Wildman–Crippen LogP) is 3.80. The normalized spacial score (nSPS) is 11.3. The van der Waals surface area contributed by atoms with Crippen LogP contribution in [0.5, 0.6) is 0 Å². The van der Waals surface area contributed by atoms with E-state index in [-0.39, 0.29) is 5.97 Å². The number of imidazole rings is 1. The Kier molecular flexibility index (Phi) is 3.98. The van der Waals surface area contributed by atoms with Crippen molar-refractivity contribution in [3.8, 4) is 11.3 Å². The van der Waals surface area contributed by atoms with Crippen LogP contribution in [0.3, 0.4) is 0 Å². The largest absolute Gasteiger partial charge is 0.466 e. The number of fused-ring (bicyclic) bond motifs is 1. The highest BCUT2D eigenvalue weighted by atomic mass is 16.5. The predicted molar refractivity (Wildman–Crippen MR) is 91.2 cm³/mol. The number of nitrogens with zero attached hydrogens (tertiary/aromatic N) is 2. The third kappa shape index (κ3) is 3.16. The van der Waals surface area contributed by atoms with Gasteiger partial charge in [0.2, 0.25) is 0 Å². The van der Waals surface area contributed by atoms with E-state index in [4.69, 9.17) is 4.98 Å². The van der Waals surface area contributed by atoms with Crippen molar-refractivity contribution >= 4 is 17.7 Å². The molecule has 0 N–H and O–H groups in total. The second-order valence-electron chi connectivity index (χ2n) is 5.54. The molecule has 3 rings (SSSR count). The number of hydrogen-bond acceptors (Lipinski definition) is 3. The standard InChI is InChI=1S/C19H18N2O2/c1-13-4-6-16(15(10-13)5-7-19(22)23-3)17-12-21-9-8-14(2)11-18(21)20-17/h4-12H,1-3H3/b7-5+. The lowest BCUT2D eigenvalue weighted by molar-refractivity contribution is -0.134. The summed E-state index contributed by atoms with van der Waals surface area (Å²) in [5.74, 6) is -0.372. The molecular formula is C19H18N2O2. The number of hydrogen-bond donors (Lipinski definition) is 0. The van der Waals surface area contributed by atoms with Gasteiger partial charge in [0.1, 0.15) is 5.65 Å². The lowest BCUT2D eigenvalue weighted by atomic mass is 10.0. The molecule has 3 aromatic rings. The molecule has 0 aliphatic carbocycles. The molecule has 0 unspecified atom stereocenters. The van der Waals surface area contributed by atoms with Crippen LogP contribution in [0.2, 0.25) is 0 Å². The Morgan fingerprint density at radius 1 is 1.17 bits per heavy atom. The average Bonchev–Trinajstić information content (AvgIpc) is 2.95. The topological polar surface area (TPSA) is 43.6 Å². The number of methoxy groups -OCH3 is 1. The minimum atomic E-state index is -0.372. The Labute approximate surface area is 135 Å². The first-order chi connectivity index (χ1) is 11.1. The summed E-state index contributed by atoms with van der Waals surface area (Å²) < 4.78 is 6.66. The Balaban J connectivity index is 2.10. The Morgan fingerprint density at radius 3 is 2.74 bits per heavy atom. The SMILES string of the molecule is COC(=O)/C=C/c1cc(C)ccc1-c1cn2ccc(C)cc2n1. The monoisotopic (exact) mass is 306 g/mol. The van der Waals surface area contributed by atoms with Gasteiger partial charge in [0.15, 0.2) is 0 Å². The molecule has 4 heteroatoms. The Hall–Kier alpha value is -2.88. The van der Waals surface area contributed by atoms with Crippen LogP contribution in [0.15, 0.2) is 48.8 Å². The quantitative estimate of drug-likeness (QED) is 0.546. The van der Waals surface area contributed by atoms with Gasteiger partial charge in [-0.25, -0.2) is 9.78 Å². The maximum Gasteiger partial charge on any atom is 0.330 e. The average molecular weight is 306 g/mol. The molecule has 0 bridgehead atoms. The highest BCUT2D eigenvalue weighted by Gasteiger charge is 2.09. The summed E-state index contributed by atoms with van der Waals surface area (Å²) in [6, 6.07) is 10.2. The molecule has 0 spiro atoms. The first-order valence-electron chi connectivity index (χ1n) is 7.39. The van der Waals surface area contributed by atoms with E-state index in [1.807, 2.05) is 61.0 Å². The van der Waals surface area contributed by atoms with Gasteiger partial charge < -0.3 is 9.14 Å². The van der Waals surface area contributed by atoms with Crippen LogP contribution >= 0.6 is 0 Å². The second kappa shape index (κ2) is 6.08. The first kappa shape index (κ1) is 15.0. The van der Waals surface area contributed by atoms with Crippen molar-refractivity contribution in [3.63, 3.8) is 0 Å². The zero-order valence-electron chi connectivity index (χ0n) is 13.4. The number of pyridine rings is 1. The molecule has 2 aromatic heterocycles. The van der Waals surface area contributed by atoms with Gasteiger partial charge in [0.05, 0.1) is 12.8 Å². The van der Waals surface area contributed by atoms with Crippen LogP contribution in [0.25, 0.3) is 23.0 Å². The van der Waals surface area contributed by atoms with Crippen LogP contribution in [0, 0.1) is 13.8 Å². The molecule has 2 heterocycles. The van der Waals surface area contributed by atoms with Crippen molar-refractivity contribution in [2.75, 3.05) is 7.11 Å². The Bertz CT molecular complexity index is 907. The summed E-state index contributed by atoms with van der Waals surface area (Å²) in [5, 5.41) is 0. The molecule has 0 atom stereocenters. The van der Waals surface area contributed by atoms with Crippen molar-refractivity contribution < 1.29 is 9.53 Å². The third-order valence-electron chi connectivity index (χ3n) is 3.70. The summed E-state index contributed by atoms with van der Waals surface area (Å²) in [4.78, 5) is 16.1. The summed E-state index contributed by atoms with van der Waals surface area (Å²) in [7, 11) is 1.37. The van der Waals surface area contributed by atoms with Crippen LogP contribution in [-0.2, 0) is 9.53 Å². The summed E-state index contributed by atoms with van der Waals surface area (Å²) in [5.41, 5.74) is 6.00. The number of ether oxygens (including phenoxy) is 1. The van der Waals surface area contributed by atoms with E-state index in [0.717, 1.165) is 28.0 Å². The fourth-order valence-electron chi connectivity index (χ4n) is 2.49. The maximum atomic E-state index is 11.4. The third-order valence-corrected chi connectivity index (χ3v) is 3.70. The van der Waals surface area contributed by atoms with Crippen molar-refractivity contribution in [3.05, 3.63) is 65.5 Å². The van der Waals surface area contributed by atoms with E-state index < -0.39 is 0 Å². The molecule has 1 aromatic carbocycles. The number of carbonyl (C=O) groups excluding carboxylic acids is 1. The summed E-state index contributed by atoms with van der Waals surface area (Å²) in [6.45, 7) is 4.07. The number of aryl methyl sites for hydroxylation is 2. The first-order valence-corrected chi connectivity index (χ1v) is 7.39. The number of aromatic nitrogens is 2. The second-order valence-corrected chi connectivity index (χ2v) is 5.54. The van der Waals surface area contributed by atoms with Crippen LogP contribution in [-0.4, -0.2) is 22.5 Å². The Morgan fingerprint density at radius 2 is 1.96 bits per heavy atom. The molecule has 0 saturated heterocycles. The molecule has 116 valence electrons. The lowest BCUT2D eigenvalue weighted by Crippen LogP contribution is -1.94. The van der Waals surface area contributed by atoms with Crippen molar-refractivity contribution in [1.29, 1.82) is 0 Å². The van der Waals surface area contributed by atoms with Gasteiger partial charge in [-0.3, -0.25) is 0 Å². The van der Waals surface area contributed by atoms with Crippen molar-refractivity contribution in [2.24, 2.45) is 0 Å². The van der Waals surface area contributed by atoms with E-state index in [9.17, 15) is 4.79 Å². The number of rotatable bonds is 3. The lowest BCUT2D eigenvalue weighted by Gasteiger charge is -2.04. The van der Waals surface area contributed by atoms with Crippen LogP contribution in [0.1, 0.15) is 16.7 Å².